The molecule has 0 aliphatic heterocycles. The summed E-state index contributed by atoms with van der Waals surface area (Å²) in [6, 6.07) is 5.61. The topological polar surface area (TPSA) is 59.2 Å². The SMILES string of the molecule is Cc1cc(N(C)C)c2cc(Cl)cc(CC(N)=O)c2n1. The fraction of sp³-hybridized carbons (Fsp3) is 0.286. The van der Waals surface area contributed by atoms with Crippen LogP contribution >= 0.6 is 11.6 Å². The monoisotopic (exact) mass is 277 g/mol. The summed E-state index contributed by atoms with van der Waals surface area (Å²) >= 11 is 6.13. The Morgan fingerprint density at radius 3 is 2.63 bits per heavy atom. The lowest BCUT2D eigenvalue weighted by Crippen LogP contribution is -2.15. The minimum atomic E-state index is -0.390. The van der Waals surface area contributed by atoms with Crippen molar-refractivity contribution in [3.63, 3.8) is 0 Å². The van der Waals surface area contributed by atoms with Crippen LogP contribution in [0.3, 0.4) is 0 Å². The molecule has 4 nitrogen and oxygen atoms in total. The first-order chi connectivity index (χ1) is 8.88. The zero-order valence-corrected chi connectivity index (χ0v) is 12.0. The molecule has 1 amide bonds. The summed E-state index contributed by atoms with van der Waals surface area (Å²) in [7, 11) is 3.92. The Morgan fingerprint density at radius 1 is 1.37 bits per heavy atom. The summed E-state index contributed by atoms with van der Waals surface area (Å²) in [6.45, 7) is 1.93. The average molecular weight is 278 g/mol. The number of benzene rings is 1. The largest absolute Gasteiger partial charge is 0.377 e. The van der Waals surface area contributed by atoms with Crippen molar-refractivity contribution in [2.24, 2.45) is 5.73 Å². The summed E-state index contributed by atoms with van der Waals surface area (Å²) in [5, 5.41) is 1.51. The number of rotatable bonds is 3. The number of aromatic nitrogens is 1. The van der Waals surface area contributed by atoms with Gasteiger partial charge in [0.05, 0.1) is 11.9 Å². The summed E-state index contributed by atoms with van der Waals surface area (Å²) in [5.74, 6) is -0.390. The summed E-state index contributed by atoms with van der Waals surface area (Å²) in [4.78, 5) is 17.7. The fourth-order valence-corrected chi connectivity index (χ4v) is 2.40. The van der Waals surface area contributed by atoms with Crippen molar-refractivity contribution in [3.05, 3.63) is 34.5 Å². The highest BCUT2D eigenvalue weighted by Gasteiger charge is 2.12. The fourth-order valence-electron chi connectivity index (χ4n) is 2.16. The molecule has 19 heavy (non-hydrogen) atoms. The van der Waals surface area contributed by atoms with Gasteiger partial charge in [0.15, 0.2) is 0 Å². The van der Waals surface area contributed by atoms with Crippen molar-refractivity contribution in [1.29, 1.82) is 0 Å². The number of carbonyl (C=O) groups excluding carboxylic acids is 1. The van der Waals surface area contributed by atoms with Crippen LogP contribution in [-0.4, -0.2) is 25.0 Å². The van der Waals surface area contributed by atoms with Gasteiger partial charge in [-0.15, -0.1) is 0 Å². The lowest BCUT2D eigenvalue weighted by Gasteiger charge is -2.17. The third-order valence-corrected chi connectivity index (χ3v) is 3.13. The molecule has 1 aromatic heterocycles. The van der Waals surface area contributed by atoms with E-state index >= 15 is 0 Å². The maximum Gasteiger partial charge on any atom is 0.221 e. The predicted molar refractivity (Wildman–Crippen MR) is 78.7 cm³/mol. The van der Waals surface area contributed by atoms with Gasteiger partial charge in [-0.2, -0.15) is 0 Å². The zero-order chi connectivity index (χ0) is 14.2. The maximum absolute atomic E-state index is 11.2. The standard InChI is InChI=1S/C14H16ClN3O/c1-8-4-12(18(2)3)11-7-10(15)5-9(6-13(16)19)14(11)17-8/h4-5,7H,6H2,1-3H3,(H2,16,19). The molecule has 0 spiro atoms. The molecule has 0 atom stereocenters. The first-order valence-electron chi connectivity index (χ1n) is 5.94. The third-order valence-electron chi connectivity index (χ3n) is 2.91. The molecule has 1 aromatic carbocycles. The third kappa shape index (κ3) is 2.79. The molecule has 0 bridgehead atoms. The van der Waals surface area contributed by atoms with Crippen LogP contribution in [-0.2, 0) is 11.2 Å². The molecule has 0 saturated heterocycles. The molecule has 5 heteroatoms. The van der Waals surface area contributed by atoms with E-state index in [0.717, 1.165) is 27.8 Å². The van der Waals surface area contributed by atoms with Gasteiger partial charge in [0.25, 0.3) is 0 Å². The van der Waals surface area contributed by atoms with E-state index in [1.54, 1.807) is 6.07 Å². The second kappa shape index (κ2) is 5.05. The lowest BCUT2D eigenvalue weighted by molar-refractivity contribution is -0.117. The van der Waals surface area contributed by atoms with E-state index in [9.17, 15) is 4.79 Å². The number of nitrogens with two attached hydrogens (primary N) is 1. The number of pyridine rings is 1. The number of hydrogen-bond acceptors (Lipinski definition) is 3. The first kappa shape index (κ1) is 13.6. The van der Waals surface area contributed by atoms with Crippen molar-refractivity contribution < 1.29 is 4.79 Å². The van der Waals surface area contributed by atoms with Gasteiger partial charge < -0.3 is 10.6 Å². The number of hydrogen-bond donors (Lipinski definition) is 1. The Bertz CT molecular complexity index is 653. The Morgan fingerprint density at radius 2 is 2.05 bits per heavy atom. The molecule has 2 aromatic rings. The van der Waals surface area contributed by atoms with E-state index in [1.807, 2.05) is 38.1 Å². The Kier molecular flexibility index (Phi) is 3.62. The van der Waals surface area contributed by atoms with Crippen LogP contribution in [0.5, 0.6) is 0 Å². The van der Waals surface area contributed by atoms with Gasteiger partial charge in [0.2, 0.25) is 5.91 Å². The highest BCUT2D eigenvalue weighted by molar-refractivity contribution is 6.31. The van der Waals surface area contributed by atoms with E-state index in [1.165, 1.54) is 0 Å². The number of aryl methyl sites for hydroxylation is 1. The second-order valence-electron chi connectivity index (χ2n) is 4.78. The van der Waals surface area contributed by atoms with Gasteiger partial charge in [0.1, 0.15) is 0 Å². The predicted octanol–water partition coefficient (Wildman–Crippen LogP) is 2.29. The van der Waals surface area contributed by atoms with Gasteiger partial charge >= 0.3 is 0 Å². The number of amides is 1. The van der Waals surface area contributed by atoms with Gasteiger partial charge in [-0.3, -0.25) is 9.78 Å². The van der Waals surface area contributed by atoms with Crippen molar-refractivity contribution in [2.75, 3.05) is 19.0 Å². The number of carbonyl (C=O) groups is 1. The smallest absolute Gasteiger partial charge is 0.221 e. The van der Waals surface area contributed by atoms with E-state index in [4.69, 9.17) is 17.3 Å². The van der Waals surface area contributed by atoms with E-state index in [2.05, 4.69) is 4.98 Å². The minimum Gasteiger partial charge on any atom is -0.377 e. The van der Waals surface area contributed by atoms with Crippen molar-refractivity contribution in [3.8, 4) is 0 Å². The van der Waals surface area contributed by atoms with Crippen LogP contribution in [0.1, 0.15) is 11.3 Å². The Balaban J connectivity index is 2.80. The molecule has 0 unspecified atom stereocenters. The first-order valence-corrected chi connectivity index (χ1v) is 6.31. The van der Waals surface area contributed by atoms with Crippen LogP contribution in [0.15, 0.2) is 18.2 Å². The van der Waals surface area contributed by atoms with Crippen molar-refractivity contribution in [2.45, 2.75) is 13.3 Å². The number of fused-ring (bicyclic) bond motifs is 1. The van der Waals surface area contributed by atoms with Gasteiger partial charge in [-0.1, -0.05) is 11.6 Å². The molecule has 2 N–H and O–H groups in total. The van der Waals surface area contributed by atoms with E-state index < -0.39 is 5.91 Å². The molecule has 2 rings (SSSR count). The van der Waals surface area contributed by atoms with Gasteiger partial charge in [0, 0.05) is 35.9 Å². The molecule has 1 heterocycles. The minimum absolute atomic E-state index is 0.139. The Labute approximate surface area is 117 Å². The highest BCUT2D eigenvalue weighted by Crippen LogP contribution is 2.30. The summed E-state index contributed by atoms with van der Waals surface area (Å²) in [6.07, 6.45) is 0.139. The Hall–Kier alpha value is -1.81. The number of anilines is 1. The van der Waals surface area contributed by atoms with Crippen LogP contribution in [0.25, 0.3) is 10.9 Å². The van der Waals surface area contributed by atoms with Gasteiger partial charge in [-0.25, -0.2) is 0 Å². The van der Waals surface area contributed by atoms with Crippen LogP contribution in [0, 0.1) is 6.92 Å². The molecular formula is C14H16ClN3O. The molecule has 0 radical (unpaired) electrons. The summed E-state index contributed by atoms with van der Waals surface area (Å²) in [5.41, 5.74) is 8.75. The molecule has 0 saturated carbocycles. The molecule has 100 valence electrons. The van der Waals surface area contributed by atoms with Crippen LogP contribution in [0.2, 0.25) is 5.02 Å². The zero-order valence-electron chi connectivity index (χ0n) is 11.2. The van der Waals surface area contributed by atoms with Crippen molar-refractivity contribution >= 4 is 34.1 Å². The highest BCUT2D eigenvalue weighted by atomic mass is 35.5. The number of nitrogens with zero attached hydrogens (tertiary/aromatic N) is 2. The number of halogens is 1. The van der Waals surface area contributed by atoms with Gasteiger partial charge in [-0.05, 0) is 30.7 Å². The average Bonchev–Trinajstić information content (AvgIpc) is 2.28. The lowest BCUT2D eigenvalue weighted by atomic mass is 10.0. The van der Waals surface area contributed by atoms with Crippen LogP contribution < -0.4 is 10.6 Å². The molecule has 0 aliphatic rings. The second-order valence-corrected chi connectivity index (χ2v) is 5.22. The molecular weight excluding hydrogens is 262 g/mol. The molecule has 0 fully saturated rings. The maximum atomic E-state index is 11.2. The van der Waals surface area contributed by atoms with Crippen LogP contribution in [0.4, 0.5) is 5.69 Å². The quantitative estimate of drug-likeness (QED) is 0.936. The number of primary amides is 1. The van der Waals surface area contributed by atoms with Crippen molar-refractivity contribution in [1.82, 2.24) is 4.98 Å². The normalized spacial score (nSPS) is 10.7. The summed E-state index contributed by atoms with van der Waals surface area (Å²) < 4.78 is 0. The van der Waals surface area contributed by atoms with E-state index in [0.29, 0.717) is 5.02 Å². The van der Waals surface area contributed by atoms with E-state index in [-0.39, 0.29) is 6.42 Å². The molecule has 0 aliphatic carbocycles.